The normalized spacial score (nSPS) is 22.8. The maximum absolute atomic E-state index is 6.48. The largest absolute Gasteiger partial charge is 0.310 e. The van der Waals surface area contributed by atoms with Gasteiger partial charge in [-0.2, -0.15) is 5.10 Å². The molecule has 0 bridgehead atoms. The third-order valence-corrected chi connectivity index (χ3v) is 5.56. The quantitative estimate of drug-likeness (QED) is 0.932. The molecule has 1 aromatic rings. The Labute approximate surface area is 132 Å². The first-order valence-corrected chi connectivity index (χ1v) is 8.70. The Morgan fingerprint density at radius 1 is 1.29 bits per heavy atom. The van der Waals surface area contributed by atoms with Gasteiger partial charge in [-0.25, -0.2) is 0 Å². The van der Waals surface area contributed by atoms with Crippen LogP contribution in [0.2, 0.25) is 5.02 Å². The average Bonchev–Trinajstić information content (AvgIpc) is 2.95. The Hall–Kier alpha value is -0.580. The summed E-state index contributed by atoms with van der Waals surface area (Å²) in [5.74, 6) is 0. The number of aromatic nitrogens is 2. The third kappa shape index (κ3) is 3.13. The molecule has 2 fully saturated rings. The van der Waals surface area contributed by atoms with Gasteiger partial charge in [-0.1, -0.05) is 24.4 Å². The van der Waals surface area contributed by atoms with Crippen molar-refractivity contribution in [3.05, 3.63) is 16.4 Å². The Kier molecular flexibility index (Phi) is 4.57. The molecule has 3 rings (SSSR count). The fourth-order valence-electron chi connectivity index (χ4n) is 3.97. The highest BCUT2D eigenvalue weighted by Gasteiger charge is 2.36. The lowest BCUT2D eigenvalue weighted by Crippen LogP contribution is -2.49. The number of aryl methyl sites for hydroxylation is 2. The van der Waals surface area contributed by atoms with Gasteiger partial charge >= 0.3 is 0 Å². The molecule has 5 heteroatoms. The van der Waals surface area contributed by atoms with E-state index in [0.717, 1.165) is 43.4 Å². The van der Waals surface area contributed by atoms with E-state index in [4.69, 9.17) is 11.6 Å². The summed E-state index contributed by atoms with van der Waals surface area (Å²) in [7, 11) is 0. The minimum absolute atomic E-state index is 0.356. The second-order valence-electron chi connectivity index (χ2n) is 6.64. The van der Waals surface area contributed by atoms with Crippen LogP contribution in [0, 0.1) is 6.92 Å². The van der Waals surface area contributed by atoms with E-state index in [2.05, 4.69) is 26.9 Å². The summed E-state index contributed by atoms with van der Waals surface area (Å²) in [5, 5.41) is 9.23. The van der Waals surface area contributed by atoms with Crippen LogP contribution in [0.5, 0.6) is 0 Å². The van der Waals surface area contributed by atoms with Crippen LogP contribution in [0.3, 0.4) is 0 Å². The number of hydrogen-bond donors (Lipinski definition) is 1. The zero-order chi connectivity index (χ0) is 14.9. The van der Waals surface area contributed by atoms with Gasteiger partial charge in [0.15, 0.2) is 0 Å². The van der Waals surface area contributed by atoms with Crippen LogP contribution in [0.15, 0.2) is 0 Å². The van der Waals surface area contributed by atoms with E-state index in [9.17, 15) is 0 Å². The van der Waals surface area contributed by atoms with Crippen molar-refractivity contribution < 1.29 is 0 Å². The first-order valence-electron chi connectivity index (χ1n) is 8.33. The van der Waals surface area contributed by atoms with Crippen LogP contribution in [0.1, 0.15) is 50.4 Å². The fourth-order valence-corrected chi connectivity index (χ4v) is 4.17. The second-order valence-corrected chi connectivity index (χ2v) is 7.02. The number of nitrogens with zero attached hydrogens (tertiary/aromatic N) is 3. The monoisotopic (exact) mass is 310 g/mol. The van der Waals surface area contributed by atoms with Gasteiger partial charge in [0.05, 0.1) is 16.4 Å². The Morgan fingerprint density at radius 3 is 2.76 bits per heavy atom. The van der Waals surface area contributed by atoms with Crippen molar-refractivity contribution in [3.8, 4) is 0 Å². The lowest BCUT2D eigenvalue weighted by molar-refractivity contribution is 0.199. The van der Waals surface area contributed by atoms with E-state index in [-0.39, 0.29) is 0 Å². The van der Waals surface area contributed by atoms with E-state index < -0.39 is 0 Å². The molecule has 1 saturated heterocycles. The van der Waals surface area contributed by atoms with Crippen molar-refractivity contribution in [2.24, 2.45) is 0 Å². The van der Waals surface area contributed by atoms with Gasteiger partial charge < -0.3 is 5.32 Å². The first-order chi connectivity index (χ1) is 10.1. The molecule has 2 heterocycles. The van der Waals surface area contributed by atoms with E-state index >= 15 is 0 Å². The van der Waals surface area contributed by atoms with Crippen LogP contribution in [-0.4, -0.2) is 39.9 Å². The third-order valence-electron chi connectivity index (χ3n) is 5.06. The molecule has 1 saturated carbocycles. The molecule has 0 aromatic carbocycles. The average molecular weight is 311 g/mol. The van der Waals surface area contributed by atoms with E-state index in [0.29, 0.717) is 5.54 Å². The lowest BCUT2D eigenvalue weighted by atomic mass is 9.97. The van der Waals surface area contributed by atoms with Crippen LogP contribution in [0.25, 0.3) is 0 Å². The number of nitrogens with one attached hydrogen (secondary N) is 1. The Bertz CT molecular complexity index is 491. The number of rotatable bonds is 3. The van der Waals surface area contributed by atoms with Crippen molar-refractivity contribution in [3.63, 3.8) is 0 Å². The zero-order valence-corrected chi connectivity index (χ0v) is 14.0. The van der Waals surface area contributed by atoms with Gasteiger partial charge in [-0.3, -0.25) is 9.58 Å². The molecule has 0 unspecified atom stereocenters. The molecular formula is C16H27ClN4. The molecule has 1 N–H and O–H groups in total. The highest BCUT2D eigenvalue weighted by molar-refractivity contribution is 6.31. The van der Waals surface area contributed by atoms with E-state index in [1.54, 1.807) is 0 Å². The van der Waals surface area contributed by atoms with E-state index in [1.807, 2.05) is 6.92 Å². The van der Waals surface area contributed by atoms with Crippen molar-refractivity contribution in [2.75, 3.05) is 19.6 Å². The lowest BCUT2D eigenvalue weighted by Gasteiger charge is -2.33. The van der Waals surface area contributed by atoms with Crippen molar-refractivity contribution >= 4 is 11.6 Å². The minimum Gasteiger partial charge on any atom is -0.310 e. The van der Waals surface area contributed by atoms with Gasteiger partial charge in [0.25, 0.3) is 0 Å². The summed E-state index contributed by atoms with van der Waals surface area (Å²) in [6.07, 6.45) is 6.60. The highest BCUT2D eigenvalue weighted by Crippen LogP contribution is 2.32. The number of halogens is 1. The second kappa shape index (κ2) is 6.27. The molecule has 118 valence electrons. The predicted octanol–water partition coefficient (Wildman–Crippen LogP) is 2.97. The molecule has 21 heavy (non-hydrogen) atoms. The molecule has 0 radical (unpaired) electrons. The fraction of sp³-hybridized carbons (Fsp3) is 0.812. The van der Waals surface area contributed by atoms with Crippen LogP contribution >= 0.6 is 11.6 Å². The smallest absolute Gasteiger partial charge is 0.0860 e. The highest BCUT2D eigenvalue weighted by atomic mass is 35.5. The van der Waals surface area contributed by atoms with Gasteiger partial charge in [-0.15, -0.1) is 0 Å². The molecule has 2 aliphatic rings. The van der Waals surface area contributed by atoms with Crippen LogP contribution < -0.4 is 5.32 Å². The van der Waals surface area contributed by atoms with Crippen LogP contribution in [-0.2, 0) is 13.1 Å². The maximum atomic E-state index is 6.48. The van der Waals surface area contributed by atoms with Gasteiger partial charge in [0, 0.05) is 25.2 Å². The molecule has 1 aromatic heterocycles. The molecule has 4 nitrogen and oxygen atoms in total. The zero-order valence-electron chi connectivity index (χ0n) is 13.3. The minimum atomic E-state index is 0.356. The van der Waals surface area contributed by atoms with E-state index in [1.165, 1.54) is 37.8 Å². The summed E-state index contributed by atoms with van der Waals surface area (Å²) < 4.78 is 2.07. The summed E-state index contributed by atoms with van der Waals surface area (Å²) in [5.41, 5.74) is 2.50. The molecule has 0 atom stereocenters. The Balaban J connectivity index is 1.77. The standard InChI is InChI=1S/C16H27ClN4/c1-3-21-14(15(17)13(2)19-21)11-20-10-6-9-18-16(12-20)7-4-5-8-16/h18H,3-12H2,1-2H3. The van der Waals surface area contributed by atoms with Crippen molar-refractivity contribution in [1.82, 2.24) is 20.0 Å². The van der Waals surface area contributed by atoms with Crippen molar-refractivity contribution in [2.45, 2.75) is 64.6 Å². The van der Waals surface area contributed by atoms with Gasteiger partial charge in [0.2, 0.25) is 0 Å². The first kappa shape index (κ1) is 15.3. The molecule has 1 aliphatic carbocycles. The topological polar surface area (TPSA) is 33.1 Å². The Morgan fingerprint density at radius 2 is 2.05 bits per heavy atom. The summed E-state index contributed by atoms with van der Waals surface area (Å²) in [4.78, 5) is 2.58. The summed E-state index contributed by atoms with van der Waals surface area (Å²) in [6.45, 7) is 9.40. The summed E-state index contributed by atoms with van der Waals surface area (Å²) in [6, 6.07) is 0. The molecule has 0 amide bonds. The molecule has 1 aliphatic heterocycles. The van der Waals surface area contributed by atoms with Crippen molar-refractivity contribution in [1.29, 1.82) is 0 Å². The van der Waals surface area contributed by atoms with Crippen LogP contribution in [0.4, 0.5) is 0 Å². The predicted molar refractivity (Wildman–Crippen MR) is 86.7 cm³/mol. The van der Waals surface area contributed by atoms with Gasteiger partial charge in [0.1, 0.15) is 0 Å². The molecule has 1 spiro atoms. The summed E-state index contributed by atoms with van der Waals surface area (Å²) >= 11 is 6.48. The maximum Gasteiger partial charge on any atom is 0.0860 e. The number of hydrogen-bond acceptors (Lipinski definition) is 3. The van der Waals surface area contributed by atoms with Gasteiger partial charge in [-0.05, 0) is 46.2 Å². The SMILES string of the molecule is CCn1nc(C)c(Cl)c1CN1CCCNC2(CCCC2)C1. The molecular weight excluding hydrogens is 284 g/mol.